The summed E-state index contributed by atoms with van der Waals surface area (Å²) in [5.74, 6) is -0.402. The van der Waals surface area contributed by atoms with Crippen LogP contribution in [0, 0.1) is 6.92 Å². The lowest BCUT2D eigenvalue weighted by Crippen LogP contribution is -2.18. The standard InChI is InChI=1S/C21H18ClN3O3S/c1-15-2-4-16(5-3-15)14-23-24-21(26)17-6-10-19(11-7-17)25-29(27,28)20-12-8-18(22)9-13-20/h2-14,25H,1H3,(H,24,26)/b23-14-. The number of nitrogens with one attached hydrogen (secondary N) is 2. The van der Waals surface area contributed by atoms with Crippen molar-refractivity contribution in [2.75, 3.05) is 4.72 Å². The number of carbonyl (C=O) groups excluding carboxylic acids is 1. The minimum Gasteiger partial charge on any atom is -0.280 e. The maximum atomic E-state index is 12.4. The molecule has 0 heterocycles. The molecule has 1 amide bonds. The molecule has 0 atom stereocenters. The smallest absolute Gasteiger partial charge is 0.271 e. The van der Waals surface area contributed by atoms with Crippen molar-refractivity contribution in [2.24, 2.45) is 5.10 Å². The second kappa shape index (κ2) is 8.89. The second-order valence-electron chi connectivity index (χ2n) is 6.25. The van der Waals surface area contributed by atoms with E-state index in [0.29, 0.717) is 16.3 Å². The fraction of sp³-hybridized carbons (Fsp3) is 0.0476. The molecule has 3 aromatic carbocycles. The lowest BCUT2D eigenvalue weighted by Gasteiger charge is -2.08. The maximum Gasteiger partial charge on any atom is 0.271 e. The summed E-state index contributed by atoms with van der Waals surface area (Å²) >= 11 is 5.78. The van der Waals surface area contributed by atoms with Gasteiger partial charge < -0.3 is 0 Å². The minimum atomic E-state index is -3.74. The number of sulfonamides is 1. The maximum absolute atomic E-state index is 12.4. The normalized spacial score (nSPS) is 11.4. The summed E-state index contributed by atoms with van der Waals surface area (Å²) in [5.41, 5.74) is 5.12. The molecule has 0 aromatic heterocycles. The van der Waals surface area contributed by atoms with Gasteiger partial charge in [0.15, 0.2) is 0 Å². The van der Waals surface area contributed by atoms with E-state index in [-0.39, 0.29) is 4.90 Å². The van der Waals surface area contributed by atoms with Crippen LogP contribution < -0.4 is 10.1 Å². The van der Waals surface area contributed by atoms with Gasteiger partial charge >= 0.3 is 0 Å². The molecule has 6 nitrogen and oxygen atoms in total. The Kier molecular flexibility index (Phi) is 6.31. The van der Waals surface area contributed by atoms with Crippen molar-refractivity contribution < 1.29 is 13.2 Å². The summed E-state index contributed by atoms with van der Waals surface area (Å²) in [5, 5.41) is 4.38. The first-order chi connectivity index (χ1) is 13.8. The number of hydrazone groups is 1. The van der Waals surface area contributed by atoms with Gasteiger partial charge in [-0.3, -0.25) is 9.52 Å². The highest BCUT2D eigenvalue weighted by Gasteiger charge is 2.14. The van der Waals surface area contributed by atoms with Crippen LogP contribution in [0.5, 0.6) is 0 Å². The summed E-state index contributed by atoms with van der Waals surface area (Å²) in [6.07, 6.45) is 1.55. The SMILES string of the molecule is Cc1ccc(/C=N\NC(=O)c2ccc(NS(=O)(=O)c3ccc(Cl)cc3)cc2)cc1. The Labute approximate surface area is 174 Å². The topological polar surface area (TPSA) is 87.6 Å². The van der Waals surface area contributed by atoms with Crippen molar-refractivity contribution in [3.05, 3.63) is 94.5 Å². The summed E-state index contributed by atoms with van der Waals surface area (Å²) in [7, 11) is -3.74. The third kappa shape index (κ3) is 5.66. The molecule has 0 fully saturated rings. The molecule has 3 rings (SSSR count). The highest BCUT2D eigenvalue weighted by atomic mass is 35.5. The molecule has 0 saturated carbocycles. The molecule has 0 spiro atoms. The predicted molar refractivity (Wildman–Crippen MR) is 115 cm³/mol. The first-order valence-electron chi connectivity index (χ1n) is 8.62. The minimum absolute atomic E-state index is 0.0918. The van der Waals surface area contributed by atoms with Crippen LogP contribution in [0.3, 0.4) is 0 Å². The summed E-state index contributed by atoms with van der Waals surface area (Å²) in [4.78, 5) is 12.3. The zero-order valence-electron chi connectivity index (χ0n) is 15.5. The van der Waals surface area contributed by atoms with Crippen molar-refractivity contribution >= 4 is 39.4 Å². The fourth-order valence-corrected chi connectivity index (χ4v) is 3.58. The van der Waals surface area contributed by atoms with Crippen molar-refractivity contribution in [2.45, 2.75) is 11.8 Å². The van der Waals surface area contributed by atoms with Gasteiger partial charge in [0, 0.05) is 16.3 Å². The van der Waals surface area contributed by atoms with E-state index >= 15 is 0 Å². The molecule has 148 valence electrons. The number of amides is 1. The summed E-state index contributed by atoms with van der Waals surface area (Å²) in [6.45, 7) is 1.99. The van der Waals surface area contributed by atoms with E-state index in [0.717, 1.165) is 11.1 Å². The monoisotopic (exact) mass is 427 g/mol. The van der Waals surface area contributed by atoms with Gasteiger partial charge in [-0.25, -0.2) is 13.8 Å². The lowest BCUT2D eigenvalue weighted by atomic mass is 10.2. The van der Waals surface area contributed by atoms with E-state index in [4.69, 9.17) is 11.6 Å². The van der Waals surface area contributed by atoms with E-state index < -0.39 is 15.9 Å². The number of benzene rings is 3. The van der Waals surface area contributed by atoms with E-state index in [1.54, 1.807) is 6.21 Å². The van der Waals surface area contributed by atoms with Gasteiger partial charge in [0.1, 0.15) is 0 Å². The molecule has 0 aliphatic carbocycles. The van der Waals surface area contributed by atoms with E-state index in [2.05, 4.69) is 15.2 Å². The second-order valence-corrected chi connectivity index (χ2v) is 8.37. The zero-order chi connectivity index (χ0) is 20.9. The van der Waals surface area contributed by atoms with Gasteiger partial charge in [0.05, 0.1) is 11.1 Å². The molecular formula is C21H18ClN3O3S. The van der Waals surface area contributed by atoms with E-state index in [1.807, 2.05) is 31.2 Å². The number of rotatable bonds is 6. The molecule has 0 bridgehead atoms. The summed E-state index contributed by atoms with van der Waals surface area (Å²) < 4.78 is 27.2. The average Bonchev–Trinajstić information content (AvgIpc) is 2.70. The van der Waals surface area contributed by atoms with Crippen LogP contribution in [-0.2, 0) is 10.0 Å². The quantitative estimate of drug-likeness (QED) is 0.456. The van der Waals surface area contributed by atoms with E-state index in [1.165, 1.54) is 48.5 Å². The van der Waals surface area contributed by atoms with Crippen molar-refractivity contribution in [3.8, 4) is 0 Å². The predicted octanol–water partition coefficient (Wildman–Crippen LogP) is 4.21. The van der Waals surface area contributed by atoms with Crippen molar-refractivity contribution in [1.29, 1.82) is 0 Å². The Morgan fingerprint density at radius 1 is 0.931 bits per heavy atom. The first-order valence-corrected chi connectivity index (χ1v) is 10.5. The summed E-state index contributed by atoms with van der Waals surface area (Å²) in [6, 6.07) is 19.6. The fourth-order valence-electron chi connectivity index (χ4n) is 2.40. The van der Waals surface area contributed by atoms with Gasteiger partial charge in [-0.15, -0.1) is 0 Å². The highest BCUT2D eigenvalue weighted by molar-refractivity contribution is 7.92. The first kappa shape index (κ1) is 20.6. The lowest BCUT2D eigenvalue weighted by molar-refractivity contribution is 0.0955. The number of halogens is 1. The van der Waals surface area contributed by atoms with Crippen LogP contribution in [0.4, 0.5) is 5.69 Å². The van der Waals surface area contributed by atoms with Crippen LogP contribution in [0.1, 0.15) is 21.5 Å². The van der Waals surface area contributed by atoms with Gasteiger partial charge in [0.25, 0.3) is 15.9 Å². The molecule has 3 aromatic rings. The average molecular weight is 428 g/mol. The Bertz CT molecular complexity index is 1130. The molecule has 0 unspecified atom stereocenters. The molecule has 0 radical (unpaired) electrons. The molecule has 0 saturated heterocycles. The van der Waals surface area contributed by atoms with Crippen molar-refractivity contribution in [1.82, 2.24) is 5.43 Å². The van der Waals surface area contributed by atoms with Crippen LogP contribution >= 0.6 is 11.6 Å². The largest absolute Gasteiger partial charge is 0.280 e. The number of aryl methyl sites for hydroxylation is 1. The van der Waals surface area contributed by atoms with Crippen molar-refractivity contribution in [3.63, 3.8) is 0 Å². The van der Waals surface area contributed by atoms with Crippen LogP contribution in [0.25, 0.3) is 0 Å². The van der Waals surface area contributed by atoms with Gasteiger partial charge in [-0.2, -0.15) is 5.10 Å². The number of hydrogen-bond donors (Lipinski definition) is 2. The Balaban J connectivity index is 1.62. The van der Waals surface area contributed by atoms with Gasteiger partial charge in [-0.05, 0) is 61.0 Å². The highest BCUT2D eigenvalue weighted by Crippen LogP contribution is 2.18. The van der Waals surface area contributed by atoms with E-state index in [9.17, 15) is 13.2 Å². The van der Waals surface area contributed by atoms with Crippen LogP contribution in [0.2, 0.25) is 5.02 Å². The third-order valence-electron chi connectivity index (χ3n) is 3.98. The molecule has 29 heavy (non-hydrogen) atoms. The number of carbonyl (C=O) groups is 1. The van der Waals surface area contributed by atoms with Crippen LogP contribution in [0.15, 0.2) is 82.8 Å². The molecule has 8 heteroatoms. The van der Waals surface area contributed by atoms with Gasteiger partial charge in [-0.1, -0.05) is 41.4 Å². The molecule has 0 aliphatic rings. The Morgan fingerprint density at radius 2 is 1.55 bits per heavy atom. The number of hydrogen-bond acceptors (Lipinski definition) is 4. The van der Waals surface area contributed by atoms with Crippen LogP contribution in [-0.4, -0.2) is 20.5 Å². The number of nitrogens with zero attached hydrogens (tertiary/aromatic N) is 1. The Morgan fingerprint density at radius 3 is 2.17 bits per heavy atom. The van der Waals surface area contributed by atoms with Gasteiger partial charge in [0.2, 0.25) is 0 Å². The third-order valence-corrected chi connectivity index (χ3v) is 5.63. The Hall–Kier alpha value is -3.16. The molecule has 0 aliphatic heterocycles. The number of anilines is 1. The molecule has 2 N–H and O–H groups in total. The molecular weight excluding hydrogens is 410 g/mol. The zero-order valence-corrected chi connectivity index (χ0v) is 17.0.